The predicted octanol–water partition coefficient (Wildman–Crippen LogP) is 4.23. The molecule has 2 aromatic rings. The van der Waals surface area contributed by atoms with Crippen molar-refractivity contribution in [3.63, 3.8) is 0 Å². The van der Waals surface area contributed by atoms with Crippen LogP contribution in [0, 0.1) is 10.1 Å². The van der Waals surface area contributed by atoms with Gasteiger partial charge >= 0.3 is 5.69 Å². The van der Waals surface area contributed by atoms with Gasteiger partial charge in [0.05, 0.1) is 11.5 Å². The molecule has 0 fully saturated rings. The van der Waals surface area contributed by atoms with Crippen molar-refractivity contribution in [3.05, 3.63) is 50.7 Å². The molecule has 0 saturated heterocycles. The number of rotatable bonds is 6. The Hall–Kier alpha value is -2.08. The number of nitro groups is 1. The Morgan fingerprint density at radius 3 is 2.85 bits per heavy atom. The molecule has 0 saturated carbocycles. The highest BCUT2D eigenvalue weighted by Gasteiger charge is 2.22. The highest BCUT2D eigenvalue weighted by Crippen LogP contribution is 2.36. The molecule has 1 heterocycles. The number of hydrogen-bond donors (Lipinski definition) is 1. The lowest BCUT2D eigenvalue weighted by atomic mass is 10.1. The number of nitrogens with zero attached hydrogens (tertiary/aromatic N) is 1. The highest BCUT2D eigenvalue weighted by atomic mass is 32.1. The fraction of sp³-hybridized carbons (Fsp3) is 0.286. The van der Waals surface area contributed by atoms with Crippen LogP contribution in [0.25, 0.3) is 0 Å². The molecule has 2 rings (SSSR count). The average molecular weight is 292 g/mol. The molecule has 1 aromatic heterocycles. The molecule has 0 aliphatic heterocycles. The molecule has 1 atom stereocenters. The van der Waals surface area contributed by atoms with E-state index in [9.17, 15) is 10.1 Å². The molecule has 0 bridgehead atoms. The zero-order valence-electron chi connectivity index (χ0n) is 11.3. The summed E-state index contributed by atoms with van der Waals surface area (Å²) in [5.74, 6) is 0.292. The Morgan fingerprint density at radius 1 is 1.45 bits per heavy atom. The third-order valence-corrected chi connectivity index (χ3v) is 3.60. The number of nitro benzene ring substituents is 1. The molecule has 106 valence electrons. The molecular formula is C14H16N2O3S. The average Bonchev–Trinajstić information content (AvgIpc) is 2.92. The lowest BCUT2D eigenvalue weighted by Crippen LogP contribution is -2.08. The third kappa shape index (κ3) is 3.08. The maximum Gasteiger partial charge on any atom is 0.333 e. The summed E-state index contributed by atoms with van der Waals surface area (Å²) in [6.07, 6.45) is 0. The van der Waals surface area contributed by atoms with Crippen molar-refractivity contribution in [1.82, 2.24) is 0 Å². The van der Waals surface area contributed by atoms with Crippen molar-refractivity contribution >= 4 is 22.7 Å². The molecule has 0 amide bonds. The molecule has 0 aliphatic rings. The first kappa shape index (κ1) is 14.3. The Balaban J connectivity index is 2.31. The molecule has 1 aromatic carbocycles. The van der Waals surface area contributed by atoms with E-state index in [0.717, 1.165) is 5.56 Å². The Morgan fingerprint density at radius 2 is 2.25 bits per heavy atom. The van der Waals surface area contributed by atoms with Crippen LogP contribution in [0.5, 0.6) is 5.75 Å². The lowest BCUT2D eigenvalue weighted by molar-refractivity contribution is -0.385. The van der Waals surface area contributed by atoms with Crippen molar-refractivity contribution in [2.75, 3.05) is 11.9 Å². The smallest absolute Gasteiger partial charge is 0.333 e. The van der Waals surface area contributed by atoms with Gasteiger partial charge in [0.2, 0.25) is 0 Å². The van der Waals surface area contributed by atoms with Gasteiger partial charge in [-0.05, 0) is 48.4 Å². The molecule has 1 N–H and O–H groups in total. The van der Waals surface area contributed by atoms with Crippen molar-refractivity contribution in [1.29, 1.82) is 0 Å². The SMILES string of the molecule is CCOc1cccc(NC(C)c2ccsc2)c1[N+](=O)[O-]. The van der Waals surface area contributed by atoms with Crippen LogP contribution in [-0.4, -0.2) is 11.5 Å². The number of anilines is 1. The maximum absolute atomic E-state index is 11.3. The fourth-order valence-electron chi connectivity index (χ4n) is 1.94. The molecule has 6 heteroatoms. The van der Waals surface area contributed by atoms with Crippen molar-refractivity contribution in [2.45, 2.75) is 19.9 Å². The molecule has 0 radical (unpaired) electrons. The second kappa shape index (κ2) is 6.38. The number of nitrogens with one attached hydrogen (secondary N) is 1. The van der Waals surface area contributed by atoms with Crippen LogP contribution in [0.2, 0.25) is 0 Å². The van der Waals surface area contributed by atoms with Crippen LogP contribution in [0.4, 0.5) is 11.4 Å². The van der Waals surface area contributed by atoms with Crippen molar-refractivity contribution in [2.24, 2.45) is 0 Å². The van der Waals surface area contributed by atoms with Gasteiger partial charge in [0.1, 0.15) is 5.69 Å². The van der Waals surface area contributed by atoms with E-state index in [1.165, 1.54) is 0 Å². The Labute approximate surface area is 121 Å². The van der Waals surface area contributed by atoms with Gasteiger partial charge in [-0.15, -0.1) is 0 Å². The number of hydrogen-bond acceptors (Lipinski definition) is 5. The van der Waals surface area contributed by atoms with Crippen LogP contribution >= 0.6 is 11.3 Å². The second-order valence-corrected chi connectivity index (χ2v) is 5.05. The summed E-state index contributed by atoms with van der Waals surface area (Å²) in [5.41, 5.74) is 1.56. The van der Waals surface area contributed by atoms with Crippen LogP contribution in [0.15, 0.2) is 35.0 Å². The molecule has 1 unspecified atom stereocenters. The lowest BCUT2D eigenvalue weighted by Gasteiger charge is -2.15. The van der Waals surface area contributed by atoms with Gasteiger partial charge in [0, 0.05) is 6.04 Å². The zero-order chi connectivity index (χ0) is 14.5. The number of benzene rings is 1. The molecule has 0 aliphatic carbocycles. The molecule has 20 heavy (non-hydrogen) atoms. The van der Waals surface area contributed by atoms with E-state index in [4.69, 9.17) is 4.74 Å². The van der Waals surface area contributed by atoms with Crippen LogP contribution in [0.1, 0.15) is 25.5 Å². The van der Waals surface area contributed by atoms with Crippen molar-refractivity contribution in [3.8, 4) is 5.75 Å². The fourth-order valence-corrected chi connectivity index (χ4v) is 2.69. The van der Waals surface area contributed by atoms with E-state index < -0.39 is 4.92 Å². The van der Waals surface area contributed by atoms with E-state index >= 15 is 0 Å². The van der Waals surface area contributed by atoms with E-state index in [-0.39, 0.29) is 11.7 Å². The minimum atomic E-state index is -0.409. The summed E-state index contributed by atoms with van der Waals surface area (Å²) in [7, 11) is 0. The zero-order valence-corrected chi connectivity index (χ0v) is 12.1. The van der Waals surface area contributed by atoms with Gasteiger partial charge in [-0.25, -0.2) is 0 Å². The van der Waals surface area contributed by atoms with Crippen molar-refractivity contribution < 1.29 is 9.66 Å². The third-order valence-electron chi connectivity index (χ3n) is 2.90. The summed E-state index contributed by atoms with van der Waals surface area (Å²) >= 11 is 1.60. The standard InChI is InChI=1S/C14H16N2O3S/c1-3-19-13-6-4-5-12(14(13)16(17)18)15-10(2)11-7-8-20-9-11/h4-10,15H,3H2,1-2H3. The van der Waals surface area contributed by atoms with E-state index in [1.807, 2.05) is 23.8 Å². The van der Waals surface area contributed by atoms with E-state index in [0.29, 0.717) is 18.0 Å². The second-order valence-electron chi connectivity index (χ2n) is 4.27. The highest BCUT2D eigenvalue weighted by molar-refractivity contribution is 7.07. The Kier molecular flexibility index (Phi) is 4.57. The first-order chi connectivity index (χ1) is 9.63. The molecular weight excluding hydrogens is 276 g/mol. The van der Waals surface area contributed by atoms with Crippen LogP contribution in [-0.2, 0) is 0 Å². The van der Waals surface area contributed by atoms with E-state index in [2.05, 4.69) is 5.32 Å². The summed E-state index contributed by atoms with van der Waals surface area (Å²) in [6, 6.07) is 7.06. The van der Waals surface area contributed by atoms with Gasteiger partial charge in [-0.2, -0.15) is 11.3 Å². The number of ether oxygens (including phenoxy) is 1. The largest absolute Gasteiger partial charge is 0.487 e. The van der Waals surface area contributed by atoms with Gasteiger partial charge in [0.15, 0.2) is 5.75 Å². The Bertz CT molecular complexity index is 584. The first-order valence-corrected chi connectivity index (χ1v) is 7.26. The topological polar surface area (TPSA) is 64.4 Å². The predicted molar refractivity (Wildman–Crippen MR) is 80.6 cm³/mol. The quantitative estimate of drug-likeness (QED) is 0.639. The minimum Gasteiger partial charge on any atom is -0.487 e. The summed E-state index contributed by atoms with van der Waals surface area (Å²) in [4.78, 5) is 10.9. The van der Waals surface area contributed by atoms with Crippen LogP contribution in [0.3, 0.4) is 0 Å². The summed E-state index contributed by atoms with van der Waals surface area (Å²) in [5, 5.41) is 18.5. The number of thiophene rings is 1. The van der Waals surface area contributed by atoms with Crippen LogP contribution < -0.4 is 10.1 Å². The minimum absolute atomic E-state index is 0.00294. The summed E-state index contributed by atoms with van der Waals surface area (Å²) < 4.78 is 5.33. The van der Waals surface area contributed by atoms with Gasteiger partial charge in [0.25, 0.3) is 0 Å². The van der Waals surface area contributed by atoms with Gasteiger partial charge in [-0.3, -0.25) is 10.1 Å². The monoisotopic (exact) mass is 292 g/mol. The van der Waals surface area contributed by atoms with Gasteiger partial charge in [-0.1, -0.05) is 6.07 Å². The first-order valence-electron chi connectivity index (χ1n) is 6.32. The molecule has 0 spiro atoms. The molecule has 5 nitrogen and oxygen atoms in total. The normalized spacial score (nSPS) is 11.9. The van der Waals surface area contributed by atoms with E-state index in [1.54, 1.807) is 36.5 Å². The maximum atomic E-state index is 11.3. The number of para-hydroxylation sites is 1. The van der Waals surface area contributed by atoms with Gasteiger partial charge < -0.3 is 10.1 Å². The summed E-state index contributed by atoms with van der Waals surface area (Å²) in [6.45, 7) is 4.17.